The number of rotatable bonds is 7. The van der Waals surface area contributed by atoms with Crippen molar-refractivity contribution in [1.29, 1.82) is 0 Å². The highest BCUT2D eigenvalue weighted by molar-refractivity contribution is 5.91. The van der Waals surface area contributed by atoms with E-state index in [-0.39, 0.29) is 6.42 Å². The van der Waals surface area contributed by atoms with Gasteiger partial charge in [-0.2, -0.15) is 0 Å². The number of benzene rings is 1. The van der Waals surface area contributed by atoms with Gasteiger partial charge < -0.3 is 30.7 Å². The van der Waals surface area contributed by atoms with Crippen LogP contribution in [0.15, 0.2) is 30.5 Å². The van der Waals surface area contributed by atoms with Gasteiger partial charge in [-0.15, -0.1) is 0 Å². The van der Waals surface area contributed by atoms with Crippen LogP contribution in [-0.2, 0) is 20.8 Å². The van der Waals surface area contributed by atoms with Crippen molar-refractivity contribution in [2.45, 2.75) is 24.7 Å². The Balaban J connectivity index is 2.14. The minimum atomic E-state index is -2.34. The first-order chi connectivity index (χ1) is 11.3. The SMILES string of the molecule is O=C(O)[C@@H](O)[C@H](O)C(=O)N[C@H](Cc1c[nH]c2ccccc12)C(=O)O. The Kier molecular flexibility index (Phi) is 5.17. The van der Waals surface area contributed by atoms with E-state index in [0.717, 1.165) is 10.9 Å². The maximum absolute atomic E-state index is 11.7. The molecule has 128 valence electrons. The smallest absolute Gasteiger partial charge is 0.335 e. The Morgan fingerprint density at radius 3 is 2.33 bits per heavy atom. The molecule has 1 aromatic heterocycles. The van der Waals surface area contributed by atoms with Crippen molar-refractivity contribution in [1.82, 2.24) is 10.3 Å². The van der Waals surface area contributed by atoms with Gasteiger partial charge in [-0.1, -0.05) is 18.2 Å². The molecular formula is C15H16N2O7. The fraction of sp³-hybridized carbons (Fsp3) is 0.267. The van der Waals surface area contributed by atoms with Gasteiger partial charge >= 0.3 is 11.9 Å². The van der Waals surface area contributed by atoms with E-state index in [2.05, 4.69) is 4.98 Å². The first-order valence-electron chi connectivity index (χ1n) is 6.98. The Hall–Kier alpha value is -2.91. The topological polar surface area (TPSA) is 160 Å². The number of carboxylic acid groups (broad SMARTS) is 2. The van der Waals surface area contributed by atoms with Crippen LogP contribution in [0.1, 0.15) is 5.56 Å². The van der Waals surface area contributed by atoms with Gasteiger partial charge in [0.05, 0.1) is 0 Å². The van der Waals surface area contributed by atoms with Gasteiger partial charge in [0.2, 0.25) is 0 Å². The number of para-hydroxylation sites is 1. The largest absolute Gasteiger partial charge is 0.480 e. The van der Waals surface area contributed by atoms with Crippen LogP contribution in [-0.4, -0.2) is 61.5 Å². The van der Waals surface area contributed by atoms with Crippen molar-refractivity contribution in [3.63, 3.8) is 0 Å². The number of aliphatic hydroxyl groups excluding tert-OH is 2. The van der Waals surface area contributed by atoms with Gasteiger partial charge in [0.25, 0.3) is 5.91 Å². The molecule has 9 heteroatoms. The van der Waals surface area contributed by atoms with Gasteiger partial charge in [-0.05, 0) is 11.6 Å². The number of H-pyrrole nitrogens is 1. The van der Waals surface area contributed by atoms with Crippen LogP contribution in [0.25, 0.3) is 10.9 Å². The molecule has 9 nitrogen and oxygen atoms in total. The molecule has 0 aliphatic rings. The lowest BCUT2D eigenvalue weighted by Crippen LogP contribution is -2.51. The third-order valence-corrected chi connectivity index (χ3v) is 3.53. The third kappa shape index (κ3) is 3.70. The summed E-state index contributed by atoms with van der Waals surface area (Å²) in [4.78, 5) is 36.6. The van der Waals surface area contributed by atoms with Gasteiger partial charge in [-0.25, -0.2) is 9.59 Å². The molecule has 2 aromatic rings. The summed E-state index contributed by atoms with van der Waals surface area (Å²) >= 11 is 0. The zero-order valence-corrected chi connectivity index (χ0v) is 12.3. The molecule has 0 saturated carbocycles. The second-order valence-electron chi connectivity index (χ2n) is 5.19. The number of amides is 1. The Bertz CT molecular complexity index is 770. The van der Waals surface area contributed by atoms with E-state index in [1.54, 1.807) is 24.4 Å². The number of carboxylic acids is 2. The fourth-order valence-corrected chi connectivity index (χ4v) is 2.26. The van der Waals surface area contributed by atoms with Gasteiger partial charge in [0.15, 0.2) is 12.2 Å². The molecule has 24 heavy (non-hydrogen) atoms. The number of fused-ring (bicyclic) bond motifs is 1. The second-order valence-corrected chi connectivity index (χ2v) is 5.19. The van der Waals surface area contributed by atoms with Gasteiger partial charge in [-0.3, -0.25) is 4.79 Å². The lowest BCUT2D eigenvalue weighted by Gasteiger charge is -2.18. The maximum Gasteiger partial charge on any atom is 0.335 e. The highest BCUT2D eigenvalue weighted by Crippen LogP contribution is 2.19. The molecule has 2 rings (SSSR count). The molecule has 1 aromatic carbocycles. The molecular weight excluding hydrogens is 320 g/mol. The lowest BCUT2D eigenvalue weighted by molar-refractivity contribution is -0.158. The number of aliphatic hydroxyl groups is 2. The van der Waals surface area contributed by atoms with Crippen molar-refractivity contribution in [3.8, 4) is 0 Å². The summed E-state index contributed by atoms with van der Waals surface area (Å²) in [6.07, 6.45) is -3.09. The number of nitrogens with one attached hydrogen (secondary N) is 2. The molecule has 1 heterocycles. The number of carbonyl (C=O) groups is 3. The summed E-state index contributed by atoms with van der Waals surface area (Å²) < 4.78 is 0. The first kappa shape index (κ1) is 17.4. The summed E-state index contributed by atoms with van der Waals surface area (Å²) in [7, 11) is 0. The molecule has 0 bridgehead atoms. The minimum Gasteiger partial charge on any atom is -0.480 e. The van der Waals surface area contributed by atoms with Crippen molar-refractivity contribution < 1.29 is 34.8 Å². The highest BCUT2D eigenvalue weighted by atomic mass is 16.4. The molecule has 3 atom stereocenters. The van der Waals surface area contributed by atoms with Crippen molar-refractivity contribution in [2.24, 2.45) is 0 Å². The van der Waals surface area contributed by atoms with E-state index in [9.17, 15) is 24.6 Å². The Labute approximate surface area is 135 Å². The average molecular weight is 336 g/mol. The normalized spacial score (nSPS) is 14.8. The highest BCUT2D eigenvalue weighted by Gasteiger charge is 2.32. The van der Waals surface area contributed by atoms with Crippen LogP contribution in [0.5, 0.6) is 0 Å². The third-order valence-electron chi connectivity index (χ3n) is 3.53. The lowest BCUT2D eigenvalue weighted by atomic mass is 10.0. The van der Waals surface area contributed by atoms with Crippen LogP contribution < -0.4 is 5.32 Å². The van der Waals surface area contributed by atoms with E-state index >= 15 is 0 Å². The number of carbonyl (C=O) groups excluding carboxylic acids is 1. The van der Waals surface area contributed by atoms with Crippen LogP contribution in [0.4, 0.5) is 0 Å². The number of hydrogen-bond donors (Lipinski definition) is 6. The van der Waals surface area contributed by atoms with E-state index in [1.807, 2.05) is 11.4 Å². The van der Waals surface area contributed by atoms with Crippen LogP contribution in [0, 0.1) is 0 Å². The van der Waals surface area contributed by atoms with Crippen LogP contribution in [0.3, 0.4) is 0 Å². The van der Waals surface area contributed by atoms with Gasteiger partial charge in [0, 0.05) is 23.5 Å². The molecule has 0 saturated heterocycles. The van der Waals surface area contributed by atoms with Crippen molar-refractivity contribution in [2.75, 3.05) is 0 Å². The van der Waals surface area contributed by atoms with Crippen LogP contribution >= 0.6 is 0 Å². The number of aromatic nitrogens is 1. The van der Waals surface area contributed by atoms with Crippen molar-refractivity contribution >= 4 is 28.7 Å². The predicted molar refractivity (Wildman–Crippen MR) is 81.2 cm³/mol. The first-order valence-corrected chi connectivity index (χ1v) is 6.98. The average Bonchev–Trinajstić information content (AvgIpc) is 2.95. The van der Waals surface area contributed by atoms with E-state index in [1.165, 1.54) is 0 Å². The predicted octanol–water partition coefficient (Wildman–Crippen LogP) is -0.914. The second kappa shape index (κ2) is 7.11. The summed E-state index contributed by atoms with van der Waals surface area (Å²) in [5, 5.41) is 39.2. The molecule has 0 radical (unpaired) electrons. The zero-order chi connectivity index (χ0) is 17.9. The molecule has 0 aliphatic carbocycles. The Morgan fingerprint density at radius 1 is 1.04 bits per heavy atom. The number of aliphatic carboxylic acids is 2. The quantitative estimate of drug-likeness (QED) is 0.381. The van der Waals surface area contributed by atoms with Gasteiger partial charge in [0.1, 0.15) is 6.04 Å². The summed E-state index contributed by atoms with van der Waals surface area (Å²) in [5.41, 5.74) is 1.43. The maximum atomic E-state index is 11.7. The van der Waals surface area contributed by atoms with E-state index in [0.29, 0.717) is 5.56 Å². The molecule has 0 fully saturated rings. The summed E-state index contributed by atoms with van der Waals surface area (Å²) in [6, 6.07) is 5.78. The van der Waals surface area contributed by atoms with Crippen molar-refractivity contribution in [3.05, 3.63) is 36.0 Å². The molecule has 0 aliphatic heterocycles. The van der Waals surface area contributed by atoms with Crippen LogP contribution in [0.2, 0.25) is 0 Å². The zero-order valence-electron chi connectivity index (χ0n) is 12.3. The van der Waals surface area contributed by atoms with E-state index < -0.39 is 36.1 Å². The Morgan fingerprint density at radius 2 is 1.71 bits per heavy atom. The molecule has 1 amide bonds. The molecule has 0 unspecified atom stereocenters. The minimum absolute atomic E-state index is 0.0824. The fourth-order valence-electron chi connectivity index (χ4n) is 2.26. The number of aromatic amines is 1. The standard InChI is InChI=1S/C15H16N2O7/c18-11(12(19)15(23)24)13(20)17-10(14(21)22)5-7-6-16-9-4-2-1-3-8(7)9/h1-4,6,10-12,16,18-19H,5H2,(H,17,20)(H,21,22)(H,23,24)/t10-,11+,12+/m1/s1. The number of hydrogen-bond acceptors (Lipinski definition) is 5. The summed E-state index contributed by atoms with van der Waals surface area (Å²) in [6.45, 7) is 0. The molecule has 6 N–H and O–H groups in total. The monoisotopic (exact) mass is 336 g/mol. The van der Waals surface area contributed by atoms with E-state index in [4.69, 9.17) is 10.2 Å². The molecule has 0 spiro atoms. The summed E-state index contributed by atoms with van der Waals surface area (Å²) in [5.74, 6) is -4.43.